The van der Waals surface area contributed by atoms with Crippen LogP contribution in [0.2, 0.25) is 0 Å². The van der Waals surface area contributed by atoms with Crippen LogP contribution in [0.5, 0.6) is 0 Å². The summed E-state index contributed by atoms with van der Waals surface area (Å²) in [5, 5.41) is 17.1. The second-order valence-corrected chi connectivity index (χ2v) is 9.76. The minimum absolute atomic E-state index is 0.111. The second kappa shape index (κ2) is 6.09. The molecule has 5 rings (SSSR count). The molecule has 0 radical (unpaired) electrons. The van der Waals surface area contributed by atoms with Gasteiger partial charge < -0.3 is 11.1 Å². The summed E-state index contributed by atoms with van der Waals surface area (Å²) in [6.07, 6.45) is 7.03. The van der Waals surface area contributed by atoms with Gasteiger partial charge in [0.2, 0.25) is 12.1 Å². The Morgan fingerprint density at radius 2 is 2.08 bits per heavy atom. The monoisotopic (exact) mass is 370 g/mol. The number of carbonyl (C=O) groups excluding carboxylic acids is 1. The van der Waals surface area contributed by atoms with Crippen molar-refractivity contribution in [3.63, 3.8) is 0 Å². The second-order valence-electron chi connectivity index (χ2n) is 8.98. The molecule has 5 nitrogen and oxygen atoms in total. The smallest absolute Gasteiger partial charge is 0.223 e. The molecule has 1 heterocycles. The third-order valence-corrected chi connectivity index (χ3v) is 7.78. The van der Waals surface area contributed by atoms with Crippen molar-refractivity contribution in [2.45, 2.75) is 57.4 Å². The summed E-state index contributed by atoms with van der Waals surface area (Å²) in [5.41, 5.74) is 6.33. The highest BCUT2D eigenvalue weighted by Crippen LogP contribution is 2.60. The molecule has 4 fully saturated rings. The number of carbonyl (C=O) groups is 1. The highest BCUT2D eigenvalue weighted by molar-refractivity contribution is 7.08. The van der Waals surface area contributed by atoms with E-state index in [2.05, 4.69) is 41.0 Å². The van der Waals surface area contributed by atoms with E-state index in [0.29, 0.717) is 17.8 Å². The molecule has 2 atom stereocenters. The molecule has 0 spiro atoms. The lowest BCUT2D eigenvalue weighted by Gasteiger charge is -2.59. The van der Waals surface area contributed by atoms with E-state index in [-0.39, 0.29) is 22.8 Å². The quantitative estimate of drug-likeness (QED) is 0.484. The Labute approximate surface area is 158 Å². The van der Waals surface area contributed by atoms with Crippen LogP contribution in [-0.2, 0) is 10.2 Å². The molecule has 138 valence electrons. The molecule has 1 aromatic heterocycles. The van der Waals surface area contributed by atoms with Crippen molar-refractivity contribution in [3.05, 3.63) is 22.4 Å². The number of thiophene rings is 1. The van der Waals surface area contributed by atoms with Gasteiger partial charge in [-0.1, -0.05) is 0 Å². The van der Waals surface area contributed by atoms with Gasteiger partial charge in [-0.05, 0) is 86.1 Å². The zero-order chi connectivity index (χ0) is 18.5. The summed E-state index contributed by atoms with van der Waals surface area (Å²) in [7, 11) is 0. The summed E-state index contributed by atoms with van der Waals surface area (Å²) in [6.45, 7) is 4.22. The SMILES string of the molecule is CC(C)(/C(=N\C#N)NC1C2CC3CC1CC(C(N)=O)(C3)C2)c1ccsc1. The molecule has 4 aliphatic rings. The van der Waals surface area contributed by atoms with E-state index in [0.717, 1.165) is 37.9 Å². The van der Waals surface area contributed by atoms with Crippen molar-refractivity contribution >= 4 is 23.1 Å². The summed E-state index contributed by atoms with van der Waals surface area (Å²) in [6, 6.07) is 2.38. The topological polar surface area (TPSA) is 91.3 Å². The summed E-state index contributed by atoms with van der Waals surface area (Å²) < 4.78 is 0. The van der Waals surface area contributed by atoms with Crippen molar-refractivity contribution in [3.8, 4) is 6.19 Å². The maximum Gasteiger partial charge on any atom is 0.223 e. The fourth-order valence-electron chi connectivity index (χ4n) is 5.88. The van der Waals surface area contributed by atoms with Crippen LogP contribution in [0.15, 0.2) is 21.8 Å². The number of nitrogens with zero attached hydrogens (tertiary/aromatic N) is 2. The van der Waals surface area contributed by atoms with E-state index < -0.39 is 0 Å². The number of hydrogen-bond donors (Lipinski definition) is 2. The summed E-state index contributed by atoms with van der Waals surface area (Å²) in [5.74, 6) is 2.13. The lowest BCUT2D eigenvalue weighted by Crippen LogP contribution is -2.63. The Balaban J connectivity index is 1.60. The number of primary amides is 1. The third kappa shape index (κ3) is 2.64. The Bertz CT molecular complexity index is 760. The van der Waals surface area contributed by atoms with E-state index in [1.165, 1.54) is 5.56 Å². The van der Waals surface area contributed by atoms with Crippen molar-refractivity contribution < 1.29 is 4.79 Å². The van der Waals surface area contributed by atoms with E-state index in [1.54, 1.807) is 11.3 Å². The molecule has 26 heavy (non-hydrogen) atoms. The molecule has 1 aromatic rings. The van der Waals surface area contributed by atoms with E-state index >= 15 is 0 Å². The fraction of sp³-hybridized carbons (Fsp3) is 0.650. The van der Waals surface area contributed by atoms with Gasteiger partial charge in [-0.25, -0.2) is 0 Å². The molecule has 1 amide bonds. The first-order chi connectivity index (χ1) is 12.4. The van der Waals surface area contributed by atoms with Crippen LogP contribution in [0.4, 0.5) is 0 Å². The molecule has 3 N–H and O–H groups in total. The normalized spacial score (nSPS) is 36.0. The van der Waals surface area contributed by atoms with Crippen LogP contribution in [-0.4, -0.2) is 17.8 Å². The van der Waals surface area contributed by atoms with Gasteiger partial charge >= 0.3 is 0 Å². The number of hydrogen-bond acceptors (Lipinski definition) is 4. The van der Waals surface area contributed by atoms with E-state index in [9.17, 15) is 10.1 Å². The van der Waals surface area contributed by atoms with Gasteiger partial charge in [-0.2, -0.15) is 21.6 Å². The van der Waals surface area contributed by atoms with Crippen LogP contribution in [0.3, 0.4) is 0 Å². The van der Waals surface area contributed by atoms with Crippen LogP contribution in [0.1, 0.15) is 51.5 Å². The highest BCUT2D eigenvalue weighted by atomic mass is 32.1. The van der Waals surface area contributed by atoms with Crippen LogP contribution in [0.25, 0.3) is 0 Å². The van der Waals surface area contributed by atoms with Crippen LogP contribution in [0, 0.1) is 34.6 Å². The van der Waals surface area contributed by atoms with Gasteiger partial charge in [0.15, 0.2) is 0 Å². The third-order valence-electron chi connectivity index (χ3n) is 7.10. The Kier molecular flexibility index (Phi) is 4.11. The molecular formula is C20H26N4OS. The lowest BCUT2D eigenvalue weighted by molar-refractivity contribution is -0.145. The molecule has 4 saturated carbocycles. The van der Waals surface area contributed by atoms with Crippen LogP contribution < -0.4 is 11.1 Å². The Morgan fingerprint density at radius 1 is 1.38 bits per heavy atom. The number of nitrogens with one attached hydrogen (secondary N) is 1. The van der Waals surface area contributed by atoms with Gasteiger partial charge in [-0.3, -0.25) is 4.79 Å². The molecule has 0 aliphatic heterocycles. The first-order valence-electron chi connectivity index (χ1n) is 9.42. The average Bonchev–Trinajstić information content (AvgIpc) is 3.11. The first-order valence-corrected chi connectivity index (χ1v) is 10.4. The number of rotatable bonds is 4. The molecule has 0 saturated heterocycles. The average molecular weight is 371 g/mol. The maximum atomic E-state index is 12.1. The van der Waals surface area contributed by atoms with Crippen LogP contribution >= 0.6 is 11.3 Å². The first kappa shape index (κ1) is 17.5. The fourth-order valence-corrected chi connectivity index (χ4v) is 6.70. The Hall–Kier alpha value is -1.87. The predicted octanol–water partition coefficient (Wildman–Crippen LogP) is 3.18. The molecular weight excluding hydrogens is 344 g/mol. The summed E-state index contributed by atoms with van der Waals surface area (Å²) in [4.78, 5) is 16.3. The lowest BCUT2D eigenvalue weighted by atomic mass is 9.47. The molecule has 2 unspecified atom stereocenters. The van der Waals surface area contributed by atoms with Gasteiger partial charge in [0.25, 0.3) is 0 Å². The number of amidine groups is 1. The molecule has 4 aliphatic carbocycles. The number of nitrogens with two attached hydrogens (primary N) is 1. The largest absolute Gasteiger partial charge is 0.369 e. The zero-order valence-corrected chi connectivity index (χ0v) is 16.2. The van der Waals surface area contributed by atoms with Crippen molar-refractivity contribution in [2.75, 3.05) is 0 Å². The zero-order valence-electron chi connectivity index (χ0n) is 15.4. The van der Waals surface area contributed by atoms with Gasteiger partial charge in [0.05, 0.1) is 0 Å². The maximum absolute atomic E-state index is 12.1. The van der Waals surface area contributed by atoms with Crippen molar-refractivity contribution in [1.29, 1.82) is 5.26 Å². The van der Waals surface area contributed by atoms with Crippen molar-refractivity contribution in [1.82, 2.24) is 5.32 Å². The highest BCUT2D eigenvalue weighted by Gasteiger charge is 2.58. The van der Waals surface area contributed by atoms with Gasteiger partial charge in [0.1, 0.15) is 5.84 Å². The molecule has 4 bridgehead atoms. The minimum Gasteiger partial charge on any atom is -0.369 e. The number of amides is 1. The molecule has 6 heteroatoms. The van der Waals surface area contributed by atoms with Gasteiger partial charge in [0, 0.05) is 16.9 Å². The van der Waals surface area contributed by atoms with E-state index in [1.807, 2.05) is 6.19 Å². The minimum atomic E-state index is -0.342. The van der Waals surface area contributed by atoms with Gasteiger partial charge in [-0.15, -0.1) is 0 Å². The van der Waals surface area contributed by atoms with Crippen molar-refractivity contribution in [2.24, 2.45) is 33.9 Å². The Morgan fingerprint density at radius 3 is 2.62 bits per heavy atom. The predicted molar refractivity (Wildman–Crippen MR) is 102 cm³/mol. The standard InChI is InChI=1S/C20H26N4OS/c1-19(2,15-3-4-26-10-15)18(23-11-21)24-16-13-5-12-6-14(16)9-20(7-12,8-13)17(22)25/h3-4,10,12-14,16H,5-9H2,1-2H3,(H2,22,25)(H,23,24). The van der Waals surface area contributed by atoms with E-state index in [4.69, 9.17) is 5.73 Å². The number of nitriles is 1. The number of aliphatic imine (C=N–C) groups is 1. The molecule has 0 aromatic carbocycles. The summed E-state index contributed by atoms with van der Waals surface area (Å²) >= 11 is 1.66.